The molecule has 1 heterocycles. The lowest BCUT2D eigenvalue weighted by atomic mass is 10.3. The van der Waals surface area contributed by atoms with Crippen LogP contribution in [0.3, 0.4) is 0 Å². The molecule has 1 fully saturated rings. The van der Waals surface area contributed by atoms with Crippen molar-refractivity contribution in [3.63, 3.8) is 0 Å². The molecule has 1 aliphatic heterocycles. The minimum atomic E-state index is -3.74. The summed E-state index contributed by atoms with van der Waals surface area (Å²) < 4.78 is 39.4. The molecule has 2 rings (SSSR count). The summed E-state index contributed by atoms with van der Waals surface area (Å²) in [6, 6.07) is 3.19. The molecule has 0 aliphatic carbocycles. The molecular formula is C11H14ClFN2O2S. The van der Waals surface area contributed by atoms with Crippen LogP contribution in [0.4, 0.5) is 4.39 Å². The molecule has 0 radical (unpaired) electrons. The molecule has 0 bridgehead atoms. The third kappa shape index (κ3) is 2.51. The van der Waals surface area contributed by atoms with Crippen LogP contribution in [0.5, 0.6) is 0 Å². The second kappa shape index (κ2) is 5.13. The Morgan fingerprint density at radius 1 is 1.50 bits per heavy atom. The van der Waals surface area contributed by atoms with E-state index in [-0.39, 0.29) is 16.0 Å². The fourth-order valence-corrected chi connectivity index (χ4v) is 4.10. The average molecular weight is 293 g/mol. The Morgan fingerprint density at radius 3 is 2.89 bits per heavy atom. The smallest absolute Gasteiger partial charge is 0.244 e. The minimum Gasteiger partial charge on any atom is -0.314 e. The van der Waals surface area contributed by atoms with E-state index in [2.05, 4.69) is 5.32 Å². The van der Waals surface area contributed by atoms with Gasteiger partial charge in [-0.1, -0.05) is 11.6 Å². The van der Waals surface area contributed by atoms with Gasteiger partial charge in [0.05, 0.1) is 5.02 Å². The van der Waals surface area contributed by atoms with Gasteiger partial charge in [0, 0.05) is 25.7 Å². The quantitative estimate of drug-likeness (QED) is 0.898. The van der Waals surface area contributed by atoms with Gasteiger partial charge in [-0.3, -0.25) is 0 Å². The lowest BCUT2D eigenvalue weighted by Crippen LogP contribution is -2.52. The van der Waals surface area contributed by atoms with Gasteiger partial charge < -0.3 is 5.32 Å². The van der Waals surface area contributed by atoms with Gasteiger partial charge in [-0.15, -0.1) is 0 Å². The third-order valence-corrected chi connectivity index (χ3v) is 5.42. The van der Waals surface area contributed by atoms with E-state index in [0.29, 0.717) is 19.6 Å². The van der Waals surface area contributed by atoms with Crippen molar-refractivity contribution in [1.82, 2.24) is 9.62 Å². The van der Waals surface area contributed by atoms with E-state index in [1.54, 1.807) is 6.92 Å². The lowest BCUT2D eigenvalue weighted by molar-refractivity contribution is 0.284. The Hall–Kier alpha value is -0.690. The maximum atomic E-state index is 13.2. The van der Waals surface area contributed by atoms with E-state index in [1.807, 2.05) is 0 Å². The van der Waals surface area contributed by atoms with Gasteiger partial charge in [0.2, 0.25) is 10.0 Å². The predicted octanol–water partition coefficient (Wildman–Crippen LogP) is 1.46. The van der Waals surface area contributed by atoms with Gasteiger partial charge >= 0.3 is 0 Å². The molecule has 7 heteroatoms. The number of nitrogens with one attached hydrogen (secondary N) is 1. The zero-order chi connectivity index (χ0) is 13.3. The summed E-state index contributed by atoms with van der Waals surface area (Å²) in [5.41, 5.74) is 0. The Labute approximate surface area is 111 Å². The highest BCUT2D eigenvalue weighted by Crippen LogP contribution is 2.27. The number of rotatable bonds is 2. The highest BCUT2D eigenvalue weighted by molar-refractivity contribution is 7.89. The van der Waals surface area contributed by atoms with Gasteiger partial charge in [-0.25, -0.2) is 12.8 Å². The van der Waals surface area contributed by atoms with Gasteiger partial charge in [0.15, 0.2) is 0 Å². The standard InChI is InChI=1S/C11H14ClFN2O2S/c1-8-7-14-4-5-15(8)18(16,17)11-6-9(13)2-3-10(11)12/h2-3,6,8,14H,4-5,7H2,1H3/t8-/m1/s1. The first-order chi connectivity index (χ1) is 8.43. The van der Waals surface area contributed by atoms with E-state index < -0.39 is 15.8 Å². The number of hydrogen-bond donors (Lipinski definition) is 1. The van der Waals surface area contributed by atoms with Crippen molar-refractivity contribution in [1.29, 1.82) is 0 Å². The van der Waals surface area contributed by atoms with Crippen molar-refractivity contribution in [2.45, 2.75) is 17.9 Å². The third-order valence-electron chi connectivity index (χ3n) is 2.92. The van der Waals surface area contributed by atoms with Crippen molar-refractivity contribution in [3.8, 4) is 0 Å². The van der Waals surface area contributed by atoms with E-state index in [1.165, 1.54) is 10.4 Å². The Bertz CT molecular complexity index is 550. The maximum Gasteiger partial charge on any atom is 0.244 e. The molecule has 0 amide bonds. The van der Waals surface area contributed by atoms with Crippen molar-refractivity contribution < 1.29 is 12.8 Å². The Morgan fingerprint density at radius 2 is 2.22 bits per heavy atom. The highest BCUT2D eigenvalue weighted by Gasteiger charge is 2.32. The van der Waals surface area contributed by atoms with Crippen LogP contribution in [0.15, 0.2) is 23.1 Å². The average Bonchev–Trinajstić information content (AvgIpc) is 2.32. The van der Waals surface area contributed by atoms with E-state index in [9.17, 15) is 12.8 Å². The fraction of sp³-hybridized carbons (Fsp3) is 0.455. The predicted molar refractivity (Wildman–Crippen MR) is 67.6 cm³/mol. The van der Waals surface area contributed by atoms with Gasteiger partial charge in [-0.2, -0.15) is 4.31 Å². The summed E-state index contributed by atoms with van der Waals surface area (Å²) in [5.74, 6) is -0.610. The molecule has 0 spiro atoms. The summed E-state index contributed by atoms with van der Waals surface area (Å²) in [7, 11) is -3.74. The van der Waals surface area contributed by atoms with Crippen molar-refractivity contribution >= 4 is 21.6 Å². The van der Waals surface area contributed by atoms with Crippen molar-refractivity contribution in [2.75, 3.05) is 19.6 Å². The second-order valence-corrected chi connectivity index (χ2v) is 6.51. The van der Waals surface area contributed by atoms with Crippen LogP contribution in [-0.4, -0.2) is 38.4 Å². The molecule has 0 saturated carbocycles. The molecule has 0 aromatic heterocycles. The molecule has 1 atom stereocenters. The first-order valence-electron chi connectivity index (χ1n) is 5.60. The number of piperazine rings is 1. The van der Waals surface area contributed by atoms with Gasteiger partial charge in [-0.05, 0) is 25.1 Å². The number of halogens is 2. The van der Waals surface area contributed by atoms with Crippen LogP contribution in [0.25, 0.3) is 0 Å². The van der Waals surface area contributed by atoms with Crippen LogP contribution < -0.4 is 5.32 Å². The van der Waals surface area contributed by atoms with E-state index >= 15 is 0 Å². The Kier molecular flexibility index (Phi) is 3.91. The molecule has 1 saturated heterocycles. The van der Waals surface area contributed by atoms with E-state index in [4.69, 9.17) is 11.6 Å². The van der Waals surface area contributed by atoms with E-state index in [0.717, 1.165) is 12.1 Å². The molecule has 100 valence electrons. The molecule has 0 unspecified atom stereocenters. The molecule has 1 aliphatic rings. The lowest BCUT2D eigenvalue weighted by Gasteiger charge is -2.33. The molecular weight excluding hydrogens is 279 g/mol. The molecule has 1 aromatic carbocycles. The van der Waals surface area contributed by atoms with Crippen LogP contribution in [-0.2, 0) is 10.0 Å². The number of sulfonamides is 1. The number of benzene rings is 1. The summed E-state index contributed by atoms with van der Waals surface area (Å²) in [5, 5.41) is 3.14. The Balaban J connectivity index is 2.44. The monoisotopic (exact) mass is 292 g/mol. The zero-order valence-corrected chi connectivity index (χ0v) is 11.4. The molecule has 1 aromatic rings. The number of nitrogens with zero attached hydrogens (tertiary/aromatic N) is 1. The minimum absolute atomic E-state index is 0.0436. The first kappa shape index (κ1) is 13.7. The summed E-state index contributed by atoms with van der Waals surface area (Å²) in [6.45, 7) is 3.32. The highest BCUT2D eigenvalue weighted by atomic mass is 35.5. The normalized spacial score (nSPS) is 22.1. The van der Waals surface area contributed by atoms with Crippen LogP contribution in [0.2, 0.25) is 5.02 Å². The zero-order valence-electron chi connectivity index (χ0n) is 9.86. The molecule has 4 nitrogen and oxygen atoms in total. The molecule has 1 N–H and O–H groups in total. The largest absolute Gasteiger partial charge is 0.314 e. The number of hydrogen-bond acceptors (Lipinski definition) is 3. The van der Waals surface area contributed by atoms with Gasteiger partial charge in [0.1, 0.15) is 10.7 Å². The maximum absolute atomic E-state index is 13.2. The van der Waals surface area contributed by atoms with Crippen molar-refractivity contribution in [2.24, 2.45) is 0 Å². The summed E-state index contributed by atoms with van der Waals surface area (Å²) >= 11 is 5.86. The van der Waals surface area contributed by atoms with Crippen LogP contribution in [0, 0.1) is 5.82 Å². The second-order valence-electron chi connectivity index (χ2n) is 4.24. The SMILES string of the molecule is C[C@@H]1CNCCN1S(=O)(=O)c1cc(F)ccc1Cl. The molecule has 18 heavy (non-hydrogen) atoms. The van der Waals surface area contributed by atoms with Crippen LogP contribution in [0.1, 0.15) is 6.92 Å². The van der Waals surface area contributed by atoms with Crippen LogP contribution >= 0.6 is 11.6 Å². The first-order valence-corrected chi connectivity index (χ1v) is 7.42. The van der Waals surface area contributed by atoms with Crippen molar-refractivity contribution in [3.05, 3.63) is 29.0 Å². The summed E-state index contributed by atoms with van der Waals surface area (Å²) in [6.07, 6.45) is 0. The topological polar surface area (TPSA) is 49.4 Å². The van der Waals surface area contributed by atoms with Gasteiger partial charge in [0.25, 0.3) is 0 Å². The fourth-order valence-electron chi connectivity index (χ4n) is 1.98. The summed E-state index contributed by atoms with van der Waals surface area (Å²) in [4.78, 5) is -0.169.